The number of aromatic nitrogens is 3. The largest absolute Gasteiger partial charge is 0.493 e. The highest BCUT2D eigenvalue weighted by Crippen LogP contribution is 2.46. The molecule has 0 unspecified atom stereocenters. The monoisotopic (exact) mass is 430 g/mol. The lowest BCUT2D eigenvalue weighted by Crippen LogP contribution is -2.40. The summed E-state index contributed by atoms with van der Waals surface area (Å²) in [6, 6.07) is 13.6. The minimum Gasteiger partial charge on any atom is -0.493 e. The number of ether oxygens (including phenoxy) is 2. The van der Waals surface area contributed by atoms with E-state index in [4.69, 9.17) is 20.2 Å². The van der Waals surface area contributed by atoms with Gasteiger partial charge in [0.1, 0.15) is 28.6 Å². The Labute approximate surface area is 186 Å². The predicted molar refractivity (Wildman–Crippen MR) is 123 cm³/mol. The van der Waals surface area contributed by atoms with E-state index in [-0.39, 0.29) is 5.92 Å². The second-order valence-electron chi connectivity index (χ2n) is 8.69. The molecule has 0 saturated heterocycles. The molecule has 1 aliphatic carbocycles. The summed E-state index contributed by atoms with van der Waals surface area (Å²) in [5.74, 6) is 3.46. The van der Waals surface area contributed by atoms with Crippen LogP contribution in [0.1, 0.15) is 37.1 Å². The molecule has 0 amide bonds. The minimum absolute atomic E-state index is 0.165. The van der Waals surface area contributed by atoms with Crippen LogP contribution in [0.3, 0.4) is 0 Å². The fraction of sp³-hybridized carbons (Fsp3) is 0.280. The first-order valence-corrected chi connectivity index (χ1v) is 10.6. The maximum atomic E-state index is 10.2. The number of nitrogens with zero attached hydrogens (tertiary/aromatic N) is 3. The summed E-state index contributed by atoms with van der Waals surface area (Å²) < 4.78 is 13.7. The van der Waals surface area contributed by atoms with E-state index in [0.717, 1.165) is 33.9 Å². The molecule has 0 radical (unpaired) electrons. The number of hydrogen-bond acceptors (Lipinski definition) is 6. The van der Waals surface area contributed by atoms with Gasteiger partial charge in [0, 0.05) is 23.9 Å². The number of anilines is 1. The molecule has 1 saturated carbocycles. The van der Waals surface area contributed by atoms with Crippen molar-refractivity contribution in [3.63, 3.8) is 0 Å². The van der Waals surface area contributed by atoms with E-state index in [1.54, 1.807) is 13.3 Å². The zero-order valence-corrected chi connectivity index (χ0v) is 18.4. The van der Waals surface area contributed by atoms with Crippen molar-refractivity contribution in [2.75, 3.05) is 12.8 Å². The Morgan fingerprint density at radius 3 is 2.62 bits per heavy atom. The minimum atomic E-state index is -0.646. The zero-order chi connectivity index (χ0) is 22.5. The molecule has 1 fully saturated rings. The second-order valence-corrected chi connectivity index (χ2v) is 8.69. The van der Waals surface area contributed by atoms with Crippen LogP contribution >= 0.6 is 0 Å². The van der Waals surface area contributed by atoms with E-state index in [9.17, 15) is 5.11 Å². The first-order chi connectivity index (χ1) is 15.4. The lowest BCUT2D eigenvalue weighted by Gasteiger charge is -2.40. The summed E-state index contributed by atoms with van der Waals surface area (Å²) in [5.41, 5.74) is 9.00. The Morgan fingerprint density at radius 1 is 1.12 bits per heavy atom. The van der Waals surface area contributed by atoms with Crippen molar-refractivity contribution in [2.24, 2.45) is 0 Å². The molecule has 164 valence electrons. The number of fused-ring (bicyclic) bond motifs is 1. The molecule has 4 aromatic rings. The molecule has 7 heteroatoms. The maximum Gasteiger partial charge on any atom is 0.169 e. The van der Waals surface area contributed by atoms with E-state index in [1.807, 2.05) is 66.9 Å². The van der Waals surface area contributed by atoms with Gasteiger partial charge in [0.05, 0.1) is 12.7 Å². The molecule has 0 bridgehead atoms. The van der Waals surface area contributed by atoms with E-state index in [0.29, 0.717) is 30.2 Å². The Morgan fingerprint density at radius 2 is 1.91 bits per heavy atom. The van der Waals surface area contributed by atoms with Crippen molar-refractivity contribution in [3.05, 3.63) is 66.2 Å². The molecule has 0 aliphatic heterocycles. The summed E-state index contributed by atoms with van der Waals surface area (Å²) >= 11 is 0. The van der Waals surface area contributed by atoms with Crippen molar-refractivity contribution < 1.29 is 14.6 Å². The topological polar surface area (TPSA) is 94.9 Å². The van der Waals surface area contributed by atoms with Gasteiger partial charge in [0.15, 0.2) is 11.5 Å². The van der Waals surface area contributed by atoms with E-state index >= 15 is 0 Å². The number of hydrogen-bond donors (Lipinski definition) is 2. The first kappa shape index (κ1) is 20.3. The van der Waals surface area contributed by atoms with Gasteiger partial charge in [-0.25, -0.2) is 9.97 Å². The van der Waals surface area contributed by atoms with Gasteiger partial charge in [0.25, 0.3) is 0 Å². The molecule has 3 N–H and O–H groups in total. The van der Waals surface area contributed by atoms with Crippen molar-refractivity contribution >= 4 is 11.3 Å². The molecular weight excluding hydrogens is 404 g/mol. The number of nitrogens with two attached hydrogens (primary N) is 1. The second kappa shape index (κ2) is 7.53. The number of imidazole rings is 1. The van der Waals surface area contributed by atoms with Gasteiger partial charge in [-0.3, -0.25) is 4.40 Å². The maximum absolute atomic E-state index is 10.2. The van der Waals surface area contributed by atoms with Crippen LogP contribution in [0.25, 0.3) is 16.8 Å². The molecule has 2 aromatic carbocycles. The number of aryl methyl sites for hydroxylation is 1. The predicted octanol–water partition coefficient (Wildman–Crippen LogP) is 4.72. The molecule has 2 aromatic heterocycles. The normalized spacial score (nSPS) is 20.2. The highest BCUT2D eigenvalue weighted by atomic mass is 16.5. The average molecular weight is 431 g/mol. The zero-order valence-electron chi connectivity index (χ0n) is 18.4. The highest BCUT2D eigenvalue weighted by Gasteiger charge is 2.41. The van der Waals surface area contributed by atoms with Crippen LogP contribution < -0.4 is 15.2 Å². The van der Waals surface area contributed by atoms with Crippen LogP contribution in [0, 0.1) is 6.92 Å². The lowest BCUT2D eigenvalue weighted by atomic mass is 9.72. The fourth-order valence-electron chi connectivity index (χ4n) is 4.45. The van der Waals surface area contributed by atoms with Crippen LogP contribution in [0.5, 0.6) is 17.2 Å². The van der Waals surface area contributed by atoms with Gasteiger partial charge in [-0.15, -0.1) is 0 Å². The Bertz CT molecular complexity index is 1300. The van der Waals surface area contributed by atoms with Crippen LogP contribution in [-0.4, -0.2) is 32.2 Å². The fourth-order valence-corrected chi connectivity index (χ4v) is 4.45. The summed E-state index contributed by atoms with van der Waals surface area (Å²) in [4.78, 5) is 9.22. The molecular formula is C25H26N4O3. The highest BCUT2D eigenvalue weighted by molar-refractivity contribution is 5.86. The van der Waals surface area contributed by atoms with E-state index < -0.39 is 5.60 Å². The third kappa shape index (κ3) is 3.44. The lowest BCUT2D eigenvalue weighted by molar-refractivity contribution is -0.0335. The Balaban J connectivity index is 1.57. The summed E-state index contributed by atoms with van der Waals surface area (Å²) in [6.45, 7) is 3.86. The van der Waals surface area contributed by atoms with Gasteiger partial charge >= 0.3 is 0 Å². The molecule has 2 heterocycles. The molecule has 7 nitrogen and oxygen atoms in total. The number of methoxy groups -OCH3 is 1. The number of para-hydroxylation sites is 1. The SMILES string of the molecule is COc1cc(-c2nc(C3CC(C)(O)C3)n3ccnc(N)c23)ccc1Oc1ccccc1C. The van der Waals surface area contributed by atoms with Gasteiger partial charge in [-0.05, 0) is 56.5 Å². The summed E-state index contributed by atoms with van der Waals surface area (Å²) in [6.07, 6.45) is 4.88. The quantitative estimate of drug-likeness (QED) is 0.476. The van der Waals surface area contributed by atoms with Gasteiger partial charge in [0.2, 0.25) is 0 Å². The number of benzene rings is 2. The first-order valence-electron chi connectivity index (χ1n) is 10.6. The molecule has 32 heavy (non-hydrogen) atoms. The van der Waals surface area contributed by atoms with Crippen molar-refractivity contribution in [1.29, 1.82) is 0 Å². The van der Waals surface area contributed by atoms with Crippen molar-refractivity contribution in [3.8, 4) is 28.5 Å². The van der Waals surface area contributed by atoms with Crippen molar-refractivity contribution in [1.82, 2.24) is 14.4 Å². The molecule has 1 aliphatic rings. The van der Waals surface area contributed by atoms with Gasteiger partial charge < -0.3 is 20.3 Å². The smallest absolute Gasteiger partial charge is 0.169 e. The molecule has 0 spiro atoms. The number of rotatable bonds is 5. The number of nitrogen functional groups attached to an aromatic ring is 1. The molecule has 5 rings (SSSR count). The van der Waals surface area contributed by atoms with Crippen molar-refractivity contribution in [2.45, 2.75) is 38.2 Å². The third-order valence-electron chi connectivity index (χ3n) is 6.10. The van der Waals surface area contributed by atoms with E-state index in [2.05, 4.69) is 4.98 Å². The van der Waals surface area contributed by atoms with Crippen LogP contribution in [-0.2, 0) is 0 Å². The van der Waals surface area contributed by atoms with Crippen LogP contribution in [0.4, 0.5) is 5.82 Å². The van der Waals surface area contributed by atoms with E-state index in [1.165, 1.54) is 0 Å². The van der Waals surface area contributed by atoms with Crippen LogP contribution in [0.2, 0.25) is 0 Å². The summed E-state index contributed by atoms with van der Waals surface area (Å²) in [7, 11) is 1.62. The number of aliphatic hydroxyl groups is 1. The van der Waals surface area contributed by atoms with Gasteiger partial charge in [-0.1, -0.05) is 18.2 Å². The van der Waals surface area contributed by atoms with Crippen LogP contribution in [0.15, 0.2) is 54.9 Å². The Kier molecular flexibility index (Phi) is 4.78. The summed E-state index contributed by atoms with van der Waals surface area (Å²) in [5, 5.41) is 10.2. The van der Waals surface area contributed by atoms with Gasteiger partial charge in [-0.2, -0.15) is 0 Å². The average Bonchev–Trinajstić information content (AvgIpc) is 3.14. The standard InChI is InChI=1S/C25H26N4O3/c1-15-6-4-5-7-18(15)32-19-9-8-16(12-20(19)31-3)21-22-23(26)27-10-11-29(22)24(28-21)17-13-25(2,30)14-17/h4-12,17,30H,13-14H2,1-3H3,(H2,26,27). The molecule has 0 atom stereocenters. The Hall–Kier alpha value is -3.58. The third-order valence-corrected chi connectivity index (χ3v) is 6.10.